The molecular weight excluding hydrogens is 256 g/mol. The van der Waals surface area contributed by atoms with Gasteiger partial charge in [-0.1, -0.05) is 67.9 Å². The maximum absolute atomic E-state index is 10.4. The lowest BCUT2D eigenvalue weighted by molar-refractivity contribution is 0.220. The van der Waals surface area contributed by atoms with Crippen molar-refractivity contribution in [2.24, 2.45) is 5.92 Å². The van der Waals surface area contributed by atoms with Crippen molar-refractivity contribution in [1.82, 2.24) is 0 Å². The van der Waals surface area contributed by atoms with Crippen LogP contribution in [0.3, 0.4) is 0 Å². The third-order valence-electron chi connectivity index (χ3n) is 3.14. The van der Waals surface area contributed by atoms with Crippen LogP contribution in [0.25, 0.3) is 0 Å². The SMILES string of the molecule is CC(C)Cc1ccc(C(O)c2ccccc2Cl)cc1. The summed E-state index contributed by atoms with van der Waals surface area (Å²) in [5, 5.41) is 11.0. The molecule has 0 amide bonds. The number of halogens is 1. The molecule has 0 radical (unpaired) electrons. The van der Waals surface area contributed by atoms with E-state index in [-0.39, 0.29) is 0 Å². The summed E-state index contributed by atoms with van der Waals surface area (Å²) in [5.74, 6) is 0.638. The van der Waals surface area contributed by atoms with Crippen LogP contribution in [0.4, 0.5) is 0 Å². The fraction of sp³-hybridized carbons (Fsp3) is 0.294. The molecule has 2 rings (SSSR count). The van der Waals surface area contributed by atoms with Crippen LogP contribution in [0.2, 0.25) is 5.02 Å². The summed E-state index contributed by atoms with van der Waals surface area (Å²) >= 11 is 6.11. The minimum absolute atomic E-state index is 0.598. The Hall–Kier alpha value is -1.31. The van der Waals surface area contributed by atoms with E-state index in [1.165, 1.54) is 5.56 Å². The second-order valence-corrected chi connectivity index (χ2v) is 5.67. The molecule has 100 valence electrons. The van der Waals surface area contributed by atoms with Gasteiger partial charge in [0.1, 0.15) is 6.10 Å². The summed E-state index contributed by atoms with van der Waals surface area (Å²) < 4.78 is 0. The Bertz CT molecular complexity index is 531. The molecule has 2 aromatic carbocycles. The average molecular weight is 275 g/mol. The monoisotopic (exact) mass is 274 g/mol. The van der Waals surface area contributed by atoms with Crippen molar-refractivity contribution in [3.8, 4) is 0 Å². The standard InChI is InChI=1S/C17H19ClO/c1-12(2)11-13-7-9-14(10-8-13)17(19)15-5-3-4-6-16(15)18/h3-10,12,17,19H,11H2,1-2H3. The molecule has 0 aliphatic rings. The largest absolute Gasteiger partial charge is 0.384 e. The van der Waals surface area contributed by atoms with Gasteiger partial charge in [-0.25, -0.2) is 0 Å². The van der Waals surface area contributed by atoms with E-state index in [2.05, 4.69) is 26.0 Å². The van der Waals surface area contributed by atoms with Crippen LogP contribution in [-0.2, 0) is 6.42 Å². The number of aliphatic hydroxyl groups is 1. The molecule has 0 heterocycles. The van der Waals surface area contributed by atoms with E-state index < -0.39 is 6.10 Å². The highest BCUT2D eigenvalue weighted by atomic mass is 35.5. The van der Waals surface area contributed by atoms with Gasteiger partial charge < -0.3 is 5.11 Å². The van der Waals surface area contributed by atoms with E-state index in [1.54, 1.807) is 6.07 Å². The first-order chi connectivity index (χ1) is 9.08. The molecular formula is C17H19ClO. The number of hydrogen-bond donors (Lipinski definition) is 1. The van der Waals surface area contributed by atoms with Crippen LogP contribution in [0.15, 0.2) is 48.5 Å². The summed E-state index contributed by atoms with van der Waals surface area (Å²) in [4.78, 5) is 0. The van der Waals surface area contributed by atoms with Gasteiger partial charge >= 0.3 is 0 Å². The molecule has 0 fully saturated rings. The Morgan fingerprint density at radius 2 is 1.63 bits per heavy atom. The van der Waals surface area contributed by atoms with E-state index in [0.717, 1.165) is 17.5 Å². The molecule has 1 atom stereocenters. The van der Waals surface area contributed by atoms with E-state index in [0.29, 0.717) is 10.9 Å². The lowest BCUT2D eigenvalue weighted by Gasteiger charge is -2.14. The third-order valence-corrected chi connectivity index (χ3v) is 3.48. The molecule has 1 unspecified atom stereocenters. The van der Waals surface area contributed by atoms with Crippen molar-refractivity contribution in [2.45, 2.75) is 26.4 Å². The Morgan fingerprint density at radius 3 is 2.21 bits per heavy atom. The van der Waals surface area contributed by atoms with Crippen molar-refractivity contribution < 1.29 is 5.11 Å². The van der Waals surface area contributed by atoms with E-state index in [1.807, 2.05) is 30.3 Å². The first kappa shape index (κ1) is 14.1. The highest BCUT2D eigenvalue weighted by Gasteiger charge is 2.13. The van der Waals surface area contributed by atoms with E-state index in [9.17, 15) is 5.11 Å². The van der Waals surface area contributed by atoms with Gasteiger partial charge in [0.15, 0.2) is 0 Å². The van der Waals surface area contributed by atoms with Gasteiger partial charge in [-0.3, -0.25) is 0 Å². The van der Waals surface area contributed by atoms with Crippen LogP contribution >= 0.6 is 11.6 Å². The highest BCUT2D eigenvalue weighted by Crippen LogP contribution is 2.28. The normalized spacial score (nSPS) is 12.7. The molecule has 2 aromatic rings. The summed E-state index contributed by atoms with van der Waals surface area (Å²) in [6, 6.07) is 15.5. The van der Waals surface area contributed by atoms with Crippen molar-refractivity contribution in [2.75, 3.05) is 0 Å². The summed E-state index contributed by atoms with van der Waals surface area (Å²) in [7, 11) is 0. The summed E-state index contributed by atoms with van der Waals surface area (Å²) in [6.07, 6.45) is 0.393. The van der Waals surface area contributed by atoms with Gasteiger partial charge in [0.2, 0.25) is 0 Å². The molecule has 0 saturated carbocycles. The highest BCUT2D eigenvalue weighted by molar-refractivity contribution is 6.31. The maximum Gasteiger partial charge on any atom is 0.105 e. The van der Waals surface area contributed by atoms with Gasteiger partial charge in [-0.05, 0) is 29.5 Å². The van der Waals surface area contributed by atoms with E-state index >= 15 is 0 Å². The number of hydrogen-bond acceptors (Lipinski definition) is 1. The smallest absolute Gasteiger partial charge is 0.105 e. The van der Waals surface area contributed by atoms with E-state index in [4.69, 9.17) is 11.6 Å². The maximum atomic E-state index is 10.4. The Balaban J connectivity index is 2.20. The molecule has 2 heteroatoms. The first-order valence-corrected chi connectivity index (χ1v) is 6.97. The molecule has 19 heavy (non-hydrogen) atoms. The van der Waals surface area contributed by atoms with Crippen molar-refractivity contribution >= 4 is 11.6 Å². The van der Waals surface area contributed by atoms with Crippen LogP contribution in [0.5, 0.6) is 0 Å². The zero-order chi connectivity index (χ0) is 13.8. The lowest BCUT2D eigenvalue weighted by atomic mass is 9.97. The van der Waals surface area contributed by atoms with Crippen molar-refractivity contribution in [3.05, 3.63) is 70.2 Å². The summed E-state index contributed by atoms with van der Waals surface area (Å²) in [6.45, 7) is 4.40. The van der Waals surface area contributed by atoms with Gasteiger partial charge in [0.05, 0.1) is 0 Å². The third kappa shape index (κ3) is 3.59. The van der Waals surface area contributed by atoms with Crippen LogP contribution in [0, 0.1) is 5.92 Å². The van der Waals surface area contributed by atoms with Gasteiger partial charge in [-0.2, -0.15) is 0 Å². The van der Waals surface area contributed by atoms with Crippen molar-refractivity contribution in [1.29, 1.82) is 0 Å². The molecule has 0 saturated heterocycles. The molecule has 0 bridgehead atoms. The van der Waals surface area contributed by atoms with Gasteiger partial charge in [0, 0.05) is 10.6 Å². The zero-order valence-electron chi connectivity index (χ0n) is 11.3. The molecule has 0 aliphatic heterocycles. The fourth-order valence-corrected chi connectivity index (χ4v) is 2.42. The second-order valence-electron chi connectivity index (χ2n) is 5.26. The number of benzene rings is 2. The zero-order valence-corrected chi connectivity index (χ0v) is 12.1. The second kappa shape index (κ2) is 6.23. The Kier molecular flexibility index (Phi) is 4.62. The minimum atomic E-state index is -0.665. The quantitative estimate of drug-likeness (QED) is 0.862. The average Bonchev–Trinajstić information content (AvgIpc) is 2.39. The molecule has 1 nitrogen and oxygen atoms in total. The Morgan fingerprint density at radius 1 is 1.00 bits per heavy atom. The minimum Gasteiger partial charge on any atom is -0.384 e. The fourth-order valence-electron chi connectivity index (χ4n) is 2.18. The number of rotatable bonds is 4. The molecule has 0 aliphatic carbocycles. The predicted molar refractivity (Wildman–Crippen MR) is 80.5 cm³/mol. The lowest BCUT2D eigenvalue weighted by Crippen LogP contribution is -2.01. The summed E-state index contributed by atoms with van der Waals surface area (Å²) in [5.41, 5.74) is 2.92. The van der Waals surface area contributed by atoms with Gasteiger partial charge in [0.25, 0.3) is 0 Å². The van der Waals surface area contributed by atoms with Crippen LogP contribution in [-0.4, -0.2) is 5.11 Å². The topological polar surface area (TPSA) is 20.2 Å². The first-order valence-electron chi connectivity index (χ1n) is 6.59. The molecule has 0 aromatic heterocycles. The predicted octanol–water partition coefficient (Wildman–Crippen LogP) is 4.62. The Labute approximate surface area is 119 Å². The van der Waals surface area contributed by atoms with Crippen LogP contribution in [0.1, 0.15) is 36.6 Å². The number of aliphatic hydroxyl groups excluding tert-OH is 1. The molecule has 1 N–H and O–H groups in total. The van der Waals surface area contributed by atoms with Gasteiger partial charge in [-0.15, -0.1) is 0 Å². The van der Waals surface area contributed by atoms with Crippen molar-refractivity contribution in [3.63, 3.8) is 0 Å². The molecule has 0 spiro atoms. The van der Waals surface area contributed by atoms with Crippen LogP contribution < -0.4 is 0 Å².